The van der Waals surface area contributed by atoms with Gasteiger partial charge in [0.1, 0.15) is 5.75 Å². The number of carbonyl (C=O) groups excluding carboxylic acids is 1. The number of methoxy groups -OCH3 is 1. The first-order chi connectivity index (χ1) is 11.8. The predicted molar refractivity (Wildman–Crippen MR) is 105 cm³/mol. The number of nitrogens with one attached hydrogen (secondary N) is 2. The summed E-state index contributed by atoms with van der Waals surface area (Å²) in [6, 6.07) is 9.17. The van der Waals surface area contributed by atoms with E-state index in [0.717, 1.165) is 4.47 Å². The van der Waals surface area contributed by atoms with Crippen molar-refractivity contribution in [2.45, 2.75) is 0 Å². The standard InChI is InChI=1S/C15H11Br2N3O4S/c1-24-13-5-2-8(16)6-10(13)14(21)19-15(25)18-12-4-3-9(20(22)23)7-11(12)17/h2-7H,1H3,(H2,18,19,21,25). The minimum absolute atomic E-state index is 0.0431. The van der Waals surface area contributed by atoms with Gasteiger partial charge in [-0.25, -0.2) is 0 Å². The number of carbonyl (C=O) groups is 1. The summed E-state index contributed by atoms with van der Waals surface area (Å²) < 4.78 is 6.32. The fourth-order valence-corrected chi connectivity index (χ4v) is 2.93. The molecule has 0 radical (unpaired) electrons. The monoisotopic (exact) mass is 487 g/mol. The molecule has 0 bridgehead atoms. The van der Waals surface area contributed by atoms with Crippen LogP contribution in [0.5, 0.6) is 5.75 Å². The SMILES string of the molecule is COc1ccc(Br)cc1C(=O)NC(=S)Nc1ccc([N+](=O)[O-])cc1Br. The summed E-state index contributed by atoms with van der Waals surface area (Å²) in [5.74, 6) is -0.0475. The van der Waals surface area contributed by atoms with Crippen LogP contribution in [0.1, 0.15) is 10.4 Å². The number of thiocarbonyl (C=S) groups is 1. The molecule has 2 aromatic rings. The van der Waals surface area contributed by atoms with E-state index >= 15 is 0 Å². The molecule has 0 fully saturated rings. The first-order valence-corrected chi connectivity index (χ1v) is 8.71. The van der Waals surface area contributed by atoms with Crippen molar-refractivity contribution in [2.75, 3.05) is 12.4 Å². The lowest BCUT2D eigenvalue weighted by Gasteiger charge is -2.12. The number of nitro benzene ring substituents is 1. The van der Waals surface area contributed by atoms with E-state index in [-0.39, 0.29) is 10.8 Å². The van der Waals surface area contributed by atoms with Crippen LogP contribution in [-0.2, 0) is 0 Å². The molecule has 0 heterocycles. The topological polar surface area (TPSA) is 93.5 Å². The van der Waals surface area contributed by atoms with Gasteiger partial charge in [-0.2, -0.15) is 0 Å². The molecule has 130 valence electrons. The van der Waals surface area contributed by atoms with Crippen LogP contribution in [0.4, 0.5) is 11.4 Å². The number of halogens is 2. The number of nitrogens with zero attached hydrogens (tertiary/aromatic N) is 1. The Morgan fingerprint density at radius 3 is 2.56 bits per heavy atom. The van der Waals surface area contributed by atoms with Crippen molar-refractivity contribution >= 4 is 66.5 Å². The Morgan fingerprint density at radius 2 is 1.96 bits per heavy atom. The molecule has 10 heteroatoms. The zero-order valence-electron chi connectivity index (χ0n) is 12.7. The van der Waals surface area contributed by atoms with Gasteiger partial charge in [-0.3, -0.25) is 20.2 Å². The lowest BCUT2D eigenvalue weighted by Crippen LogP contribution is -2.34. The molecule has 0 aliphatic carbocycles. The van der Waals surface area contributed by atoms with Crippen LogP contribution in [0.15, 0.2) is 45.3 Å². The van der Waals surface area contributed by atoms with Gasteiger partial charge in [0.2, 0.25) is 0 Å². The molecule has 0 atom stereocenters. The highest BCUT2D eigenvalue weighted by Crippen LogP contribution is 2.27. The van der Waals surface area contributed by atoms with Gasteiger partial charge >= 0.3 is 0 Å². The quantitative estimate of drug-likeness (QED) is 0.379. The number of amides is 1. The third-order valence-electron chi connectivity index (χ3n) is 3.04. The molecule has 1 amide bonds. The van der Waals surface area contributed by atoms with Gasteiger partial charge in [0.05, 0.1) is 23.3 Å². The van der Waals surface area contributed by atoms with E-state index < -0.39 is 10.8 Å². The highest BCUT2D eigenvalue weighted by molar-refractivity contribution is 9.10. The number of anilines is 1. The van der Waals surface area contributed by atoms with Crippen LogP contribution >= 0.6 is 44.1 Å². The average Bonchev–Trinajstić information content (AvgIpc) is 2.56. The summed E-state index contributed by atoms with van der Waals surface area (Å²) in [5.41, 5.74) is 0.729. The van der Waals surface area contributed by atoms with Crippen LogP contribution in [-0.4, -0.2) is 23.1 Å². The van der Waals surface area contributed by atoms with Crippen molar-refractivity contribution in [3.8, 4) is 5.75 Å². The van der Waals surface area contributed by atoms with E-state index in [9.17, 15) is 14.9 Å². The number of ether oxygens (including phenoxy) is 1. The summed E-state index contributed by atoms with van der Waals surface area (Å²) in [4.78, 5) is 22.6. The van der Waals surface area contributed by atoms with Crippen molar-refractivity contribution < 1.29 is 14.5 Å². The summed E-state index contributed by atoms with van der Waals surface area (Å²) in [6.45, 7) is 0. The number of nitro groups is 1. The van der Waals surface area contributed by atoms with Crippen molar-refractivity contribution in [1.82, 2.24) is 5.32 Å². The van der Waals surface area contributed by atoms with Crippen LogP contribution in [0.25, 0.3) is 0 Å². The highest BCUT2D eigenvalue weighted by atomic mass is 79.9. The Balaban J connectivity index is 2.11. The second kappa shape index (κ2) is 8.37. The molecule has 0 aromatic heterocycles. The molecular weight excluding hydrogens is 478 g/mol. The Labute approximate surface area is 165 Å². The van der Waals surface area contributed by atoms with E-state index in [1.54, 1.807) is 18.2 Å². The summed E-state index contributed by atoms with van der Waals surface area (Å²) in [5, 5.41) is 16.1. The molecular formula is C15H11Br2N3O4S. The van der Waals surface area contributed by atoms with Crippen molar-refractivity contribution in [2.24, 2.45) is 0 Å². The van der Waals surface area contributed by atoms with Gasteiger partial charge in [-0.1, -0.05) is 15.9 Å². The number of non-ortho nitro benzene ring substituents is 1. The summed E-state index contributed by atoms with van der Waals surface area (Å²) in [6.07, 6.45) is 0. The van der Waals surface area contributed by atoms with Gasteiger partial charge in [0.15, 0.2) is 5.11 Å². The first-order valence-electron chi connectivity index (χ1n) is 6.71. The normalized spacial score (nSPS) is 10.0. The molecule has 7 nitrogen and oxygen atoms in total. The lowest BCUT2D eigenvalue weighted by molar-refractivity contribution is -0.384. The van der Waals surface area contributed by atoms with Gasteiger partial charge < -0.3 is 10.1 Å². The molecule has 0 spiro atoms. The summed E-state index contributed by atoms with van der Waals surface area (Å²) in [7, 11) is 1.46. The number of rotatable bonds is 4. The molecule has 0 unspecified atom stereocenters. The minimum atomic E-state index is -0.506. The number of benzene rings is 2. The van der Waals surface area contributed by atoms with Gasteiger partial charge in [0.25, 0.3) is 11.6 Å². The van der Waals surface area contributed by atoms with Crippen molar-refractivity contribution in [3.63, 3.8) is 0 Å². The maximum absolute atomic E-state index is 12.4. The van der Waals surface area contributed by atoms with E-state index in [4.69, 9.17) is 17.0 Å². The molecule has 0 saturated carbocycles. The van der Waals surface area contributed by atoms with Gasteiger partial charge in [-0.15, -0.1) is 0 Å². The van der Waals surface area contributed by atoms with Crippen LogP contribution in [0, 0.1) is 10.1 Å². The van der Waals surface area contributed by atoms with Gasteiger partial charge in [-0.05, 0) is 52.4 Å². The molecule has 2 rings (SSSR count). The van der Waals surface area contributed by atoms with Crippen molar-refractivity contribution in [3.05, 3.63) is 61.0 Å². The average molecular weight is 489 g/mol. The van der Waals surface area contributed by atoms with Crippen LogP contribution < -0.4 is 15.4 Å². The van der Waals surface area contributed by atoms with Crippen molar-refractivity contribution in [1.29, 1.82) is 0 Å². The molecule has 25 heavy (non-hydrogen) atoms. The largest absolute Gasteiger partial charge is 0.496 e. The smallest absolute Gasteiger partial charge is 0.270 e. The fourth-order valence-electron chi connectivity index (χ4n) is 1.90. The molecule has 2 N–H and O–H groups in total. The highest BCUT2D eigenvalue weighted by Gasteiger charge is 2.15. The minimum Gasteiger partial charge on any atom is -0.496 e. The zero-order valence-corrected chi connectivity index (χ0v) is 16.7. The summed E-state index contributed by atoms with van der Waals surface area (Å²) >= 11 is 11.6. The van der Waals surface area contributed by atoms with Crippen LogP contribution in [0.2, 0.25) is 0 Å². The van der Waals surface area contributed by atoms with Crippen LogP contribution in [0.3, 0.4) is 0 Å². The predicted octanol–water partition coefficient (Wildman–Crippen LogP) is 4.26. The molecule has 0 aliphatic heterocycles. The molecule has 0 aliphatic rings. The third-order valence-corrected chi connectivity index (χ3v) is 4.40. The third kappa shape index (κ3) is 4.97. The van der Waals surface area contributed by atoms with Gasteiger partial charge in [0, 0.05) is 21.1 Å². The second-order valence-corrected chi connectivity index (χ2v) is 6.85. The maximum atomic E-state index is 12.4. The van der Waals surface area contributed by atoms with E-state index in [2.05, 4.69) is 42.5 Å². The van der Waals surface area contributed by atoms with E-state index in [1.807, 2.05) is 0 Å². The molecule has 2 aromatic carbocycles. The fraction of sp³-hybridized carbons (Fsp3) is 0.0667. The maximum Gasteiger partial charge on any atom is 0.270 e. The Bertz CT molecular complexity index is 861. The molecule has 0 saturated heterocycles. The van der Waals surface area contributed by atoms with E-state index in [1.165, 1.54) is 25.3 Å². The first kappa shape index (κ1) is 19.3. The Hall–Kier alpha value is -2.04. The second-order valence-electron chi connectivity index (χ2n) is 4.67. The lowest BCUT2D eigenvalue weighted by atomic mass is 10.2. The zero-order chi connectivity index (χ0) is 18.6. The number of hydrogen-bond donors (Lipinski definition) is 2. The van der Waals surface area contributed by atoms with E-state index in [0.29, 0.717) is 21.5 Å². The number of hydrogen-bond acceptors (Lipinski definition) is 5. The Morgan fingerprint density at radius 1 is 1.24 bits per heavy atom. The Kier molecular flexibility index (Phi) is 6.45.